The molecule has 146 valence electrons. The van der Waals surface area contributed by atoms with E-state index in [0.717, 1.165) is 37.7 Å². The average molecular weight is 393 g/mol. The summed E-state index contributed by atoms with van der Waals surface area (Å²) >= 11 is 5.73. The zero-order valence-corrected chi connectivity index (χ0v) is 17.5. The zero-order chi connectivity index (χ0) is 19.8. The van der Waals surface area contributed by atoms with Gasteiger partial charge in [-0.05, 0) is 43.6 Å². The minimum absolute atomic E-state index is 0.741. The highest BCUT2D eigenvalue weighted by atomic mass is 32.1. The van der Waals surface area contributed by atoms with E-state index >= 15 is 0 Å². The van der Waals surface area contributed by atoms with E-state index in [0.29, 0.717) is 0 Å². The van der Waals surface area contributed by atoms with Gasteiger partial charge in [-0.2, -0.15) is 0 Å². The molecule has 28 heavy (non-hydrogen) atoms. The molecule has 0 radical (unpaired) electrons. The maximum absolute atomic E-state index is 5.73. The highest BCUT2D eigenvalue weighted by Crippen LogP contribution is 2.09. The van der Waals surface area contributed by atoms with Gasteiger partial charge >= 0.3 is 0 Å². The molecular weight excluding hydrogens is 364 g/mol. The van der Waals surface area contributed by atoms with Crippen LogP contribution in [0.2, 0.25) is 0 Å². The molecular formula is C23H28N4S. The van der Waals surface area contributed by atoms with Crippen molar-refractivity contribution in [3.63, 3.8) is 0 Å². The van der Waals surface area contributed by atoms with Gasteiger partial charge in [0, 0.05) is 38.6 Å². The Bertz CT molecular complexity index is 855. The van der Waals surface area contributed by atoms with Gasteiger partial charge in [0.15, 0.2) is 5.11 Å². The standard InChI is InChI=1S/C23H28N4S/c1-19-4-8-21(9-5-19)16-25-23(28)27(14-3-13-26-15-12-24-18-26)17-22-10-6-20(2)7-11-22/h4-12,15,18H,3,13-14,16-17H2,1-2H3,(H,25,28). The summed E-state index contributed by atoms with van der Waals surface area (Å²) in [6.07, 6.45) is 6.68. The van der Waals surface area contributed by atoms with E-state index in [1.165, 1.54) is 22.3 Å². The highest BCUT2D eigenvalue weighted by Gasteiger charge is 2.10. The van der Waals surface area contributed by atoms with Crippen LogP contribution in [0.4, 0.5) is 0 Å². The second-order valence-corrected chi connectivity index (χ2v) is 7.59. The number of imidazole rings is 1. The SMILES string of the molecule is Cc1ccc(CNC(=S)N(CCCn2ccnc2)Cc2ccc(C)cc2)cc1. The van der Waals surface area contributed by atoms with Gasteiger partial charge in [-0.15, -0.1) is 0 Å². The van der Waals surface area contributed by atoms with Gasteiger partial charge in [0.1, 0.15) is 0 Å². The molecule has 0 unspecified atom stereocenters. The summed E-state index contributed by atoms with van der Waals surface area (Å²) in [5, 5.41) is 4.23. The molecule has 0 amide bonds. The van der Waals surface area contributed by atoms with E-state index in [9.17, 15) is 0 Å². The normalized spacial score (nSPS) is 10.6. The molecule has 0 bridgehead atoms. The van der Waals surface area contributed by atoms with Crippen LogP contribution in [0.1, 0.15) is 28.7 Å². The van der Waals surface area contributed by atoms with Gasteiger partial charge in [0.2, 0.25) is 0 Å². The molecule has 0 fully saturated rings. The van der Waals surface area contributed by atoms with Crippen molar-refractivity contribution in [1.29, 1.82) is 0 Å². The monoisotopic (exact) mass is 392 g/mol. The second kappa shape index (κ2) is 10.0. The van der Waals surface area contributed by atoms with Gasteiger partial charge in [-0.3, -0.25) is 0 Å². The van der Waals surface area contributed by atoms with Crippen LogP contribution in [-0.2, 0) is 19.6 Å². The summed E-state index contributed by atoms with van der Waals surface area (Å²) in [7, 11) is 0. The van der Waals surface area contributed by atoms with E-state index in [1.807, 2.05) is 18.7 Å². The predicted molar refractivity (Wildman–Crippen MR) is 119 cm³/mol. The number of benzene rings is 2. The fourth-order valence-corrected chi connectivity index (χ4v) is 3.25. The molecule has 0 saturated carbocycles. The first-order chi connectivity index (χ1) is 13.6. The molecule has 0 aliphatic rings. The summed E-state index contributed by atoms with van der Waals surface area (Å²) < 4.78 is 2.10. The number of nitrogens with zero attached hydrogens (tertiary/aromatic N) is 3. The van der Waals surface area contributed by atoms with Crippen LogP contribution >= 0.6 is 12.2 Å². The fourth-order valence-electron chi connectivity index (χ4n) is 3.02. The minimum atomic E-state index is 0.741. The van der Waals surface area contributed by atoms with Gasteiger partial charge in [0.05, 0.1) is 6.33 Å². The third-order valence-corrected chi connectivity index (χ3v) is 5.15. The predicted octanol–water partition coefficient (Wildman–Crippen LogP) is 4.47. The zero-order valence-electron chi connectivity index (χ0n) is 16.6. The molecule has 0 spiro atoms. The summed E-state index contributed by atoms with van der Waals surface area (Å²) in [6.45, 7) is 7.59. The largest absolute Gasteiger partial charge is 0.358 e. The van der Waals surface area contributed by atoms with Crippen LogP contribution in [0.25, 0.3) is 0 Å². The molecule has 0 aliphatic heterocycles. The first kappa shape index (κ1) is 20.1. The van der Waals surface area contributed by atoms with Crippen molar-refractivity contribution >= 4 is 17.3 Å². The Morgan fingerprint density at radius 3 is 2.25 bits per heavy atom. The van der Waals surface area contributed by atoms with Crippen LogP contribution in [0.3, 0.4) is 0 Å². The lowest BCUT2D eigenvalue weighted by Crippen LogP contribution is -2.39. The molecule has 4 nitrogen and oxygen atoms in total. The van der Waals surface area contributed by atoms with Gasteiger partial charge in [-0.25, -0.2) is 4.98 Å². The van der Waals surface area contributed by atoms with Crippen molar-refractivity contribution < 1.29 is 0 Å². The van der Waals surface area contributed by atoms with E-state index in [2.05, 4.69) is 82.1 Å². The van der Waals surface area contributed by atoms with Crippen molar-refractivity contribution in [2.45, 2.75) is 39.9 Å². The molecule has 1 N–H and O–H groups in total. The summed E-state index contributed by atoms with van der Waals surface area (Å²) in [5.74, 6) is 0. The molecule has 5 heteroatoms. The van der Waals surface area contributed by atoms with Gasteiger partial charge in [-0.1, -0.05) is 59.7 Å². The van der Waals surface area contributed by atoms with Gasteiger partial charge < -0.3 is 14.8 Å². The Balaban J connectivity index is 1.60. The van der Waals surface area contributed by atoms with Crippen molar-refractivity contribution in [1.82, 2.24) is 19.8 Å². The van der Waals surface area contributed by atoms with Crippen LogP contribution in [0, 0.1) is 13.8 Å². The van der Waals surface area contributed by atoms with E-state index in [-0.39, 0.29) is 0 Å². The highest BCUT2D eigenvalue weighted by molar-refractivity contribution is 7.80. The lowest BCUT2D eigenvalue weighted by atomic mass is 10.1. The van der Waals surface area contributed by atoms with Crippen LogP contribution in [0.5, 0.6) is 0 Å². The molecule has 3 aromatic rings. The molecule has 2 aromatic carbocycles. The van der Waals surface area contributed by atoms with Crippen molar-refractivity contribution in [3.05, 3.63) is 89.5 Å². The Morgan fingerprint density at radius 1 is 1.00 bits per heavy atom. The summed E-state index contributed by atoms with van der Waals surface area (Å²) in [4.78, 5) is 6.37. The summed E-state index contributed by atoms with van der Waals surface area (Å²) in [6, 6.07) is 17.2. The number of hydrogen-bond donors (Lipinski definition) is 1. The van der Waals surface area contributed by atoms with Crippen molar-refractivity contribution in [2.75, 3.05) is 6.54 Å². The van der Waals surface area contributed by atoms with Crippen molar-refractivity contribution in [3.8, 4) is 0 Å². The first-order valence-electron chi connectivity index (χ1n) is 9.70. The van der Waals surface area contributed by atoms with E-state index < -0.39 is 0 Å². The lowest BCUT2D eigenvalue weighted by Gasteiger charge is -2.26. The fraction of sp³-hybridized carbons (Fsp3) is 0.304. The Kier molecular flexibility index (Phi) is 7.20. The number of aromatic nitrogens is 2. The van der Waals surface area contributed by atoms with E-state index in [1.54, 1.807) is 0 Å². The quantitative estimate of drug-likeness (QED) is 0.574. The lowest BCUT2D eigenvalue weighted by molar-refractivity contribution is 0.384. The van der Waals surface area contributed by atoms with Crippen LogP contribution < -0.4 is 5.32 Å². The Morgan fingerprint density at radius 2 is 1.64 bits per heavy atom. The number of aryl methyl sites for hydroxylation is 3. The topological polar surface area (TPSA) is 33.1 Å². The Labute approximate surface area is 173 Å². The molecule has 0 atom stereocenters. The number of nitrogens with one attached hydrogen (secondary N) is 1. The maximum Gasteiger partial charge on any atom is 0.169 e. The minimum Gasteiger partial charge on any atom is -0.358 e. The summed E-state index contributed by atoms with van der Waals surface area (Å²) in [5.41, 5.74) is 5.05. The van der Waals surface area contributed by atoms with E-state index in [4.69, 9.17) is 12.2 Å². The third kappa shape index (κ3) is 6.20. The van der Waals surface area contributed by atoms with Crippen LogP contribution in [-0.4, -0.2) is 26.1 Å². The number of hydrogen-bond acceptors (Lipinski definition) is 2. The number of thiocarbonyl (C=S) groups is 1. The molecule has 1 aromatic heterocycles. The van der Waals surface area contributed by atoms with Crippen molar-refractivity contribution in [2.24, 2.45) is 0 Å². The van der Waals surface area contributed by atoms with Crippen LogP contribution in [0.15, 0.2) is 67.3 Å². The second-order valence-electron chi connectivity index (χ2n) is 7.21. The number of rotatable bonds is 8. The average Bonchev–Trinajstić information content (AvgIpc) is 3.21. The molecule has 0 aliphatic carbocycles. The molecule has 1 heterocycles. The van der Waals surface area contributed by atoms with Gasteiger partial charge in [0.25, 0.3) is 0 Å². The first-order valence-corrected chi connectivity index (χ1v) is 10.1. The molecule has 0 saturated heterocycles. The third-order valence-electron chi connectivity index (χ3n) is 4.75. The maximum atomic E-state index is 5.73. The smallest absolute Gasteiger partial charge is 0.169 e. The Hall–Kier alpha value is -2.66. The molecule has 3 rings (SSSR count).